The quantitative estimate of drug-likeness (QED) is 0.854. The maximum atomic E-state index is 12.1. The van der Waals surface area contributed by atoms with Gasteiger partial charge in [0.1, 0.15) is 11.4 Å². The molecule has 2 aliphatic rings. The molecule has 2 unspecified atom stereocenters. The normalized spacial score (nSPS) is 25.1. The van der Waals surface area contributed by atoms with Crippen LogP contribution < -0.4 is 5.32 Å². The molecule has 20 heavy (non-hydrogen) atoms. The summed E-state index contributed by atoms with van der Waals surface area (Å²) in [5.74, 6) is 1.01. The molecule has 2 aliphatic heterocycles. The average Bonchev–Trinajstić information content (AvgIpc) is 3.04. The highest BCUT2D eigenvalue weighted by Gasteiger charge is 2.34. The standard InChI is InChI=1S/C14H21N3O3/c1-3-20-14(18)12-9(2)16-17-11(4-6-15-13(12)17)10-5-7-19-8-10/h10-11,15H,3-8H2,1-2H3. The van der Waals surface area contributed by atoms with Crippen LogP contribution in [0.4, 0.5) is 5.82 Å². The van der Waals surface area contributed by atoms with Gasteiger partial charge in [-0.1, -0.05) is 0 Å². The first-order valence-electron chi connectivity index (χ1n) is 7.30. The molecule has 6 heteroatoms. The Bertz CT molecular complexity index is 506. The summed E-state index contributed by atoms with van der Waals surface area (Å²) in [5, 5.41) is 7.88. The molecule has 0 radical (unpaired) electrons. The van der Waals surface area contributed by atoms with Gasteiger partial charge in [-0.15, -0.1) is 0 Å². The number of esters is 1. The summed E-state index contributed by atoms with van der Waals surface area (Å²) in [6, 6.07) is 0.315. The molecule has 2 atom stereocenters. The molecule has 0 bridgehead atoms. The fourth-order valence-corrected chi connectivity index (χ4v) is 3.16. The molecule has 1 aromatic rings. The van der Waals surface area contributed by atoms with E-state index >= 15 is 0 Å². The maximum absolute atomic E-state index is 12.1. The zero-order chi connectivity index (χ0) is 14.1. The van der Waals surface area contributed by atoms with Crippen molar-refractivity contribution >= 4 is 11.8 Å². The van der Waals surface area contributed by atoms with Crippen LogP contribution in [0, 0.1) is 12.8 Å². The first-order chi connectivity index (χ1) is 9.72. The van der Waals surface area contributed by atoms with E-state index in [0.717, 1.165) is 44.1 Å². The maximum Gasteiger partial charge on any atom is 0.343 e. The van der Waals surface area contributed by atoms with Gasteiger partial charge < -0.3 is 14.8 Å². The molecule has 0 saturated carbocycles. The number of hydrogen-bond donors (Lipinski definition) is 1. The molecule has 1 aromatic heterocycles. The molecule has 0 amide bonds. The zero-order valence-corrected chi connectivity index (χ0v) is 12.0. The van der Waals surface area contributed by atoms with Crippen molar-refractivity contribution < 1.29 is 14.3 Å². The SMILES string of the molecule is CCOC(=O)c1c(C)nn2c1NCCC2C1CCOC1. The first-order valence-corrected chi connectivity index (χ1v) is 7.30. The van der Waals surface area contributed by atoms with Crippen molar-refractivity contribution in [3.05, 3.63) is 11.3 Å². The van der Waals surface area contributed by atoms with Crippen LogP contribution in [0.2, 0.25) is 0 Å². The Kier molecular flexibility index (Phi) is 3.65. The molecule has 3 rings (SSSR count). The predicted octanol–water partition coefficient (Wildman–Crippen LogP) is 1.76. The van der Waals surface area contributed by atoms with Crippen molar-refractivity contribution in [1.82, 2.24) is 9.78 Å². The number of ether oxygens (including phenoxy) is 2. The minimum absolute atomic E-state index is 0.290. The molecular formula is C14H21N3O3. The second-order valence-corrected chi connectivity index (χ2v) is 5.38. The molecule has 1 fully saturated rings. The fourth-order valence-electron chi connectivity index (χ4n) is 3.16. The number of nitrogens with one attached hydrogen (secondary N) is 1. The Morgan fingerprint density at radius 3 is 3.10 bits per heavy atom. The van der Waals surface area contributed by atoms with E-state index in [0.29, 0.717) is 24.1 Å². The molecule has 0 aliphatic carbocycles. The Balaban J connectivity index is 1.94. The van der Waals surface area contributed by atoms with E-state index in [2.05, 4.69) is 10.4 Å². The largest absolute Gasteiger partial charge is 0.462 e. The van der Waals surface area contributed by atoms with Crippen molar-refractivity contribution in [3.63, 3.8) is 0 Å². The van der Waals surface area contributed by atoms with Crippen LogP contribution in [0.5, 0.6) is 0 Å². The summed E-state index contributed by atoms with van der Waals surface area (Å²) < 4.78 is 12.6. The van der Waals surface area contributed by atoms with E-state index in [9.17, 15) is 4.79 Å². The third-order valence-corrected chi connectivity index (χ3v) is 4.12. The second-order valence-electron chi connectivity index (χ2n) is 5.38. The van der Waals surface area contributed by atoms with E-state index in [-0.39, 0.29) is 5.97 Å². The molecule has 3 heterocycles. The second kappa shape index (κ2) is 5.44. The lowest BCUT2D eigenvalue weighted by molar-refractivity contribution is 0.0526. The lowest BCUT2D eigenvalue weighted by Gasteiger charge is -2.29. The van der Waals surface area contributed by atoms with Gasteiger partial charge >= 0.3 is 5.97 Å². The Morgan fingerprint density at radius 2 is 2.40 bits per heavy atom. The summed E-state index contributed by atoms with van der Waals surface area (Å²) in [6.07, 6.45) is 2.09. The summed E-state index contributed by atoms with van der Waals surface area (Å²) in [6.45, 7) is 6.53. The highest BCUT2D eigenvalue weighted by molar-refractivity contribution is 5.96. The van der Waals surface area contributed by atoms with Crippen LogP contribution in [0.1, 0.15) is 41.9 Å². The Hall–Kier alpha value is -1.56. The van der Waals surface area contributed by atoms with E-state index in [1.165, 1.54) is 0 Å². The number of hydrogen-bond acceptors (Lipinski definition) is 5. The average molecular weight is 279 g/mol. The van der Waals surface area contributed by atoms with E-state index in [1.807, 2.05) is 18.5 Å². The van der Waals surface area contributed by atoms with Gasteiger partial charge in [0.15, 0.2) is 0 Å². The third-order valence-electron chi connectivity index (χ3n) is 4.12. The number of anilines is 1. The number of rotatable bonds is 3. The Morgan fingerprint density at radius 1 is 1.55 bits per heavy atom. The number of carbonyl (C=O) groups is 1. The molecule has 110 valence electrons. The summed E-state index contributed by atoms with van der Waals surface area (Å²) >= 11 is 0. The van der Waals surface area contributed by atoms with Gasteiger partial charge in [-0.25, -0.2) is 9.48 Å². The first kappa shape index (κ1) is 13.4. The summed E-state index contributed by atoms with van der Waals surface area (Å²) in [4.78, 5) is 12.1. The van der Waals surface area contributed by atoms with Crippen molar-refractivity contribution in [2.24, 2.45) is 5.92 Å². The van der Waals surface area contributed by atoms with Crippen LogP contribution in [0.3, 0.4) is 0 Å². The molecular weight excluding hydrogens is 258 g/mol. The van der Waals surface area contributed by atoms with Crippen molar-refractivity contribution in [3.8, 4) is 0 Å². The van der Waals surface area contributed by atoms with Crippen LogP contribution >= 0.6 is 0 Å². The van der Waals surface area contributed by atoms with Crippen molar-refractivity contribution in [2.45, 2.75) is 32.7 Å². The number of aryl methyl sites for hydroxylation is 1. The van der Waals surface area contributed by atoms with Gasteiger partial charge in [0.2, 0.25) is 0 Å². The monoisotopic (exact) mass is 279 g/mol. The fraction of sp³-hybridized carbons (Fsp3) is 0.714. The van der Waals surface area contributed by atoms with Gasteiger partial charge in [0, 0.05) is 19.1 Å². The third kappa shape index (κ3) is 2.18. The van der Waals surface area contributed by atoms with Gasteiger partial charge in [-0.05, 0) is 26.7 Å². The van der Waals surface area contributed by atoms with E-state index < -0.39 is 0 Å². The minimum Gasteiger partial charge on any atom is -0.462 e. The lowest BCUT2D eigenvalue weighted by Crippen LogP contribution is -2.30. The number of aromatic nitrogens is 2. The van der Waals surface area contributed by atoms with E-state index in [1.54, 1.807) is 0 Å². The molecule has 1 N–H and O–H groups in total. The molecule has 0 spiro atoms. The van der Waals surface area contributed by atoms with Crippen molar-refractivity contribution in [2.75, 3.05) is 31.7 Å². The summed E-state index contributed by atoms with van der Waals surface area (Å²) in [5.41, 5.74) is 1.31. The zero-order valence-electron chi connectivity index (χ0n) is 12.0. The lowest BCUT2D eigenvalue weighted by atomic mass is 9.95. The molecule has 0 aromatic carbocycles. The number of fused-ring (bicyclic) bond motifs is 1. The smallest absolute Gasteiger partial charge is 0.343 e. The predicted molar refractivity (Wildman–Crippen MR) is 74.0 cm³/mol. The van der Waals surface area contributed by atoms with Crippen molar-refractivity contribution in [1.29, 1.82) is 0 Å². The van der Waals surface area contributed by atoms with Gasteiger partial charge in [-0.3, -0.25) is 0 Å². The molecule has 1 saturated heterocycles. The highest BCUT2D eigenvalue weighted by atomic mass is 16.5. The minimum atomic E-state index is -0.290. The number of nitrogens with zero attached hydrogens (tertiary/aromatic N) is 2. The molecule has 6 nitrogen and oxygen atoms in total. The topological polar surface area (TPSA) is 65.4 Å². The van der Waals surface area contributed by atoms with Gasteiger partial charge in [0.05, 0.1) is 24.9 Å². The van der Waals surface area contributed by atoms with Crippen LogP contribution in [-0.4, -0.2) is 42.1 Å². The number of carbonyl (C=O) groups excluding carboxylic acids is 1. The highest BCUT2D eigenvalue weighted by Crippen LogP contribution is 2.36. The van der Waals surface area contributed by atoms with Gasteiger partial charge in [0.25, 0.3) is 0 Å². The van der Waals surface area contributed by atoms with Crippen LogP contribution in [-0.2, 0) is 9.47 Å². The Labute approximate surface area is 118 Å². The van der Waals surface area contributed by atoms with Crippen LogP contribution in [0.15, 0.2) is 0 Å². The van der Waals surface area contributed by atoms with Gasteiger partial charge in [-0.2, -0.15) is 5.10 Å². The van der Waals surface area contributed by atoms with E-state index in [4.69, 9.17) is 9.47 Å². The van der Waals surface area contributed by atoms with Crippen LogP contribution in [0.25, 0.3) is 0 Å². The summed E-state index contributed by atoms with van der Waals surface area (Å²) in [7, 11) is 0.